The zero-order chi connectivity index (χ0) is 11.6. The van der Waals surface area contributed by atoms with E-state index in [4.69, 9.17) is 20.4 Å². The third kappa shape index (κ3) is 5.51. The molecule has 5 nitrogen and oxygen atoms in total. The number of hydrogen-bond acceptors (Lipinski definition) is 5. The van der Waals surface area contributed by atoms with Gasteiger partial charge in [-0.15, -0.1) is 6.58 Å². The molecular formula is C10H19NO4. The molecule has 0 aliphatic carbocycles. The quantitative estimate of drug-likeness (QED) is 0.211. The minimum Gasteiger partial charge on any atom is -0.481 e. The summed E-state index contributed by atoms with van der Waals surface area (Å²) in [6.45, 7) is 4.13. The minimum absolute atomic E-state index is 0.152. The Morgan fingerprint density at radius 2 is 1.93 bits per heavy atom. The van der Waals surface area contributed by atoms with E-state index >= 15 is 0 Å². The van der Waals surface area contributed by atoms with Crippen molar-refractivity contribution in [1.82, 2.24) is 0 Å². The smallest absolute Gasteiger partial charge is 0.166 e. The lowest BCUT2D eigenvalue weighted by atomic mass is 9.87. The van der Waals surface area contributed by atoms with Crippen LogP contribution in [0.4, 0.5) is 0 Å². The van der Waals surface area contributed by atoms with E-state index in [1.807, 2.05) is 0 Å². The number of allylic oxidation sites excluding steroid dienone is 1. The molecule has 88 valence electrons. The molecule has 0 aliphatic heterocycles. The van der Waals surface area contributed by atoms with Crippen LogP contribution < -0.4 is 0 Å². The minimum atomic E-state index is -0.660. The molecule has 0 bridgehead atoms. The van der Waals surface area contributed by atoms with Crippen molar-refractivity contribution < 1.29 is 19.7 Å². The molecule has 0 fully saturated rings. The molecule has 0 spiro atoms. The van der Waals surface area contributed by atoms with Crippen LogP contribution >= 0.6 is 0 Å². The SMILES string of the molecule is C=CCC(CO)(CO)COCCOC=N. The predicted molar refractivity (Wildman–Crippen MR) is 57.0 cm³/mol. The summed E-state index contributed by atoms with van der Waals surface area (Å²) < 4.78 is 9.89. The van der Waals surface area contributed by atoms with Crippen LogP contribution in [0.3, 0.4) is 0 Å². The fourth-order valence-electron chi connectivity index (χ4n) is 1.09. The number of aliphatic hydroxyl groups is 2. The first-order valence-electron chi connectivity index (χ1n) is 4.75. The van der Waals surface area contributed by atoms with Gasteiger partial charge in [-0.3, -0.25) is 5.41 Å². The molecule has 0 atom stereocenters. The lowest BCUT2D eigenvalue weighted by Crippen LogP contribution is -2.35. The summed E-state index contributed by atoms with van der Waals surface area (Å²) in [7, 11) is 0. The van der Waals surface area contributed by atoms with Gasteiger partial charge in [-0.1, -0.05) is 6.08 Å². The van der Waals surface area contributed by atoms with Crippen LogP contribution in [-0.4, -0.2) is 49.6 Å². The molecule has 0 unspecified atom stereocenters. The predicted octanol–water partition coefficient (Wildman–Crippen LogP) is 0.174. The third-order valence-electron chi connectivity index (χ3n) is 2.09. The molecule has 0 aromatic heterocycles. The molecule has 0 saturated carbocycles. The van der Waals surface area contributed by atoms with Gasteiger partial charge in [0.05, 0.1) is 26.4 Å². The van der Waals surface area contributed by atoms with E-state index in [0.717, 1.165) is 6.40 Å². The summed E-state index contributed by atoms with van der Waals surface area (Å²) in [6, 6.07) is 0. The average molecular weight is 217 g/mol. The maximum absolute atomic E-state index is 9.16. The van der Waals surface area contributed by atoms with Gasteiger partial charge in [-0.25, -0.2) is 0 Å². The van der Waals surface area contributed by atoms with E-state index in [1.54, 1.807) is 6.08 Å². The maximum atomic E-state index is 9.16. The highest BCUT2D eigenvalue weighted by Gasteiger charge is 2.27. The Balaban J connectivity index is 3.83. The Morgan fingerprint density at radius 3 is 2.40 bits per heavy atom. The fourth-order valence-corrected chi connectivity index (χ4v) is 1.09. The molecule has 5 heteroatoms. The zero-order valence-electron chi connectivity index (χ0n) is 8.82. The summed E-state index contributed by atoms with van der Waals surface area (Å²) >= 11 is 0. The van der Waals surface area contributed by atoms with Crippen LogP contribution in [0, 0.1) is 10.8 Å². The Morgan fingerprint density at radius 1 is 1.27 bits per heavy atom. The van der Waals surface area contributed by atoms with E-state index in [0.29, 0.717) is 19.6 Å². The fraction of sp³-hybridized carbons (Fsp3) is 0.700. The van der Waals surface area contributed by atoms with E-state index < -0.39 is 5.41 Å². The Kier molecular flexibility index (Phi) is 7.89. The molecule has 0 amide bonds. The van der Waals surface area contributed by atoms with Gasteiger partial charge in [0.1, 0.15) is 6.61 Å². The highest BCUT2D eigenvalue weighted by molar-refractivity contribution is 5.40. The van der Waals surface area contributed by atoms with Crippen LogP contribution in [0.2, 0.25) is 0 Å². The molecule has 3 N–H and O–H groups in total. The van der Waals surface area contributed by atoms with Gasteiger partial charge < -0.3 is 19.7 Å². The van der Waals surface area contributed by atoms with Gasteiger partial charge in [0, 0.05) is 5.41 Å². The van der Waals surface area contributed by atoms with E-state index in [9.17, 15) is 0 Å². The normalized spacial score (nSPS) is 11.1. The molecule has 0 aromatic carbocycles. The Bertz CT molecular complexity index is 180. The second-order valence-corrected chi connectivity index (χ2v) is 3.35. The summed E-state index contributed by atoms with van der Waals surface area (Å²) in [6.07, 6.45) is 2.98. The molecule has 0 radical (unpaired) electrons. The second kappa shape index (κ2) is 8.40. The first kappa shape index (κ1) is 14.1. The lowest BCUT2D eigenvalue weighted by Gasteiger charge is -2.27. The van der Waals surface area contributed by atoms with Gasteiger partial charge in [-0.05, 0) is 6.42 Å². The van der Waals surface area contributed by atoms with Crippen LogP contribution in [0.25, 0.3) is 0 Å². The molecular weight excluding hydrogens is 198 g/mol. The van der Waals surface area contributed by atoms with E-state index in [2.05, 4.69) is 11.3 Å². The van der Waals surface area contributed by atoms with Crippen molar-refractivity contribution in [2.24, 2.45) is 5.41 Å². The van der Waals surface area contributed by atoms with Crippen molar-refractivity contribution in [2.45, 2.75) is 6.42 Å². The van der Waals surface area contributed by atoms with Gasteiger partial charge in [0.25, 0.3) is 0 Å². The van der Waals surface area contributed by atoms with Crippen molar-refractivity contribution >= 4 is 6.40 Å². The molecule has 0 aliphatic rings. The summed E-state index contributed by atoms with van der Waals surface area (Å²) in [5.41, 5.74) is -0.660. The molecule has 15 heavy (non-hydrogen) atoms. The van der Waals surface area contributed by atoms with Gasteiger partial charge in [0.2, 0.25) is 0 Å². The van der Waals surface area contributed by atoms with Crippen LogP contribution in [-0.2, 0) is 9.47 Å². The zero-order valence-corrected chi connectivity index (χ0v) is 8.82. The molecule has 0 saturated heterocycles. The highest BCUT2D eigenvalue weighted by atomic mass is 16.5. The van der Waals surface area contributed by atoms with Crippen molar-refractivity contribution in [1.29, 1.82) is 5.41 Å². The Hall–Kier alpha value is -0.910. The van der Waals surface area contributed by atoms with E-state index in [-0.39, 0.29) is 19.8 Å². The second-order valence-electron chi connectivity index (χ2n) is 3.35. The van der Waals surface area contributed by atoms with Crippen molar-refractivity contribution in [3.8, 4) is 0 Å². The van der Waals surface area contributed by atoms with E-state index in [1.165, 1.54) is 0 Å². The van der Waals surface area contributed by atoms with Crippen molar-refractivity contribution in [3.05, 3.63) is 12.7 Å². The largest absolute Gasteiger partial charge is 0.481 e. The standard InChI is InChI=1S/C10H19NO4/c1-2-3-10(6-12,7-13)8-14-4-5-15-9-11/h2,9,11-13H,1,3-8H2. The first-order chi connectivity index (χ1) is 7.24. The van der Waals surface area contributed by atoms with Crippen LogP contribution in [0.1, 0.15) is 6.42 Å². The summed E-state index contributed by atoms with van der Waals surface area (Å²) in [5, 5.41) is 24.9. The third-order valence-corrected chi connectivity index (χ3v) is 2.09. The van der Waals surface area contributed by atoms with Crippen LogP contribution in [0.5, 0.6) is 0 Å². The topological polar surface area (TPSA) is 82.8 Å². The average Bonchev–Trinajstić information content (AvgIpc) is 2.27. The van der Waals surface area contributed by atoms with Crippen LogP contribution in [0.15, 0.2) is 12.7 Å². The maximum Gasteiger partial charge on any atom is 0.166 e. The summed E-state index contributed by atoms with van der Waals surface area (Å²) in [4.78, 5) is 0. The molecule has 0 heterocycles. The first-order valence-corrected chi connectivity index (χ1v) is 4.75. The van der Waals surface area contributed by atoms with Crippen molar-refractivity contribution in [2.75, 3.05) is 33.0 Å². The Labute approximate surface area is 89.8 Å². The van der Waals surface area contributed by atoms with Crippen molar-refractivity contribution in [3.63, 3.8) is 0 Å². The summed E-state index contributed by atoms with van der Waals surface area (Å²) in [5.74, 6) is 0. The number of nitrogens with one attached hydrogen (secondary N) is 1. The number of aliphatic hydroxyl groups excluding tert-OH is 2. The number of ether oxygens (including phenoxy) is 2. The molecule has 0 rings (SSSR count). The van der Waals surface area contributed by atoms with Gasteiger partial charge in [0.15, 0.2) is 6.40 Å². The lowest BCUT2D eigenvalue weighted by molar-refractivity contribution is -0.0319. The highest BCUT2D eigenvalue weighted by Crippen LogP contribution is 2.21. The van der Waals surface area contributed by atoms with Gasteiger partial charge >= 0.3 is 0 Å². The molecule has 0 aromatic rings. The van der Waals surface area contributed by atoms with Gasteiger partial charge in [-0.2, -0.15) is 0 Å². The number of hydrogen-bond donors (Lipinski definition) is 3. The number of rotatable bonds is 10. The monoisotopic (exact) mass is 217 g/mol.